The van der Waals surface area contributed by atoms with Crippen LogP contribution in [0.3, 0.4) is 0 Å². The van der Waals surface area contributed by atoms with Crippen molar-refractivity contribution in [3.05, 3.63) is 0 Å². The van der Waals surface area contributed by atoms with E-state index in [0.717, 1.165) is 14.2 Å². The molecule has 0 bridgehead atoms. The van der Waals surface area contributed by atoms with Crippen molar-refractivity contribution in [2.45, 2.75) is 5.53 Å². The van der Waals surface area contributed by atoms with Gasteiger partial charge >= 0.3 is 38.4 Å². The SMILES string of the molecule is COP(=O)(OC)C(O)(O)C=O.F[PH](F)(F)F. The molecule has 0 spiro atoms. The average Bonchev–Trinajstić information content (AvgIpc) is 2.13. The number of aldehydes is 1. The Morgan fingerprint density at radius 3 is 1.50 bits per heavy atom. The molecule has 100 valence electrons. The van der Waals surface area contributed by atoms with Crippen molar-refractivity contribution in [3.8, 4) is 0 Å². The summed E-state index contributed by atoms with van der Waals surface area (Å²) >= 11 is 0. The summed E-state index contributed by atoms with van der Waals surface area (Å²) in [5.74, 6) is 0. The zero-order valence-corrected chi connectivity index (χ0v) is 9.96. The molecule has 0 heterocycles. The Balaban J connectivity index is 0. The molecule has 0 aliphatic rings. The van der Waals surface area contributed by atoms with Gasteiger partial charge in [0.2, 0.25) is 0 Å². The molecular formula is C4H10F4O6P2. The molecule has 0 saturated carbocycles. The molecule has 0 aliphatic carbocycles. The van der Waals surface area contributed by atoms with Crippen LogP contribution in [-0.2, 0) is 18.4 Å². The number of rotatable bonds is 4. The summed E-state index contributed by atoms with van der Waals surface area (Å²) in [6, 6.07) is 0. The van der Waals surface area contributed by atoms with Crippen molar-refractivity contribution in [1.82, 2.24) is 0 Å². The van der Waals surface area contributed by atoms with Gasteiger partial charge in [0, 0.05) is 14.2 Å². The van der Waals surface area contributed by atoms with Crippen LogP contribution in [0, 0.1) is 0 Å². The summed E-state index contributed by atoms with van der Waals surface area (Å²) < 4.78 is 58.6. The molecule has 0 saturated heterocycles. The van der Waals surface area contributed by atoms with Crippen molar-refractivity contribution in [2.24, 2.45) is 0 Å². The second-order valence-electron chi connectivity index (χ2n) is 2.10. The Labute approximate surface area is 88.5 Å². The van der Waals surface area contributed by atoms with Gasteiger partial charge in [-0.2, -0.15) is 0 Å². The maximum atomic E-state index is 11.0. The maximum absolute atomic E-state index is 11.0. The van der Waals surface area contributed by atoms with E-state index in [1.165, 1.54) is 0 Å². The zero-order valence-electron chi connectivity index (χ0n) is 8.06. The van der Waals surface area contributed by atoms with Gasteiger partial charge in [0.1, 0.15) is 0 Å². The predicted molar refractivity (Wildman–Crippen MR) is 47.6 cm³/mol. The first-order valence-corrected chi connectivity index (χ1v) is 6.37. The number of carbonyl (C=O) groups excluding carboxylic acids is 1. The van der Waals surface area contributed by atoms with Gasteiger partial charge in [-0.1, -0.05) is 0 Å². The van der Waals surface area contributed by atoms with Crippen molar-refractivity contribution in [1.29, 1.82) is 0 Å². The third-order valence-electron chi connectivity index (χ3n) is 1.04. The van der Waals surface area contributed by atoms with Gasteiger partial charge < -0.3 is 19.3 Å². The Bertz CT molecular complexity index is 252. The van der Waals surface area contributed by atoms with E-state index in [9.17, 15) is 26.1 Å². The van der Waals surface area contributed by atoms with Crippen LogP contribution in [0.4, 0.5) is 16.8 Å². The molecule has 0 radical (unpaired) electrons. The van der Waals surface area contributed by atoms with Crippen molar-refractivity contribution >= 4 is 22.4 Å². The van der Waals surface area contributed by atoms with Crippen LogP contribution in [0.25, 0.3) is 0 Å². The van der Waals surface area contributed by atoms with Crippen molar-refractivity contribution in [3.63, 3.8) is 0 Å². The van der Waals surface area contributed by atoms with Crippen LogP contribution in [0.1, 0.15) is 0 Å². The molecule has 2 N–H and O–H groups in total. The van der Waals surface area contributed by atoms with Crippen LogP contribution in [-0.4, -0.2) is 36.2 Å². The second kappa shape index (κ2) is 6.58. The second-order valence-corrected chi connectivity index (χ2v) is 5.34. The standard InChI is InChI=1S/C4H9O6P.F4HP/c1-9-11(8,10-2)4(6,7)3-5;1-5(2,3)4/h3,6-7H,1-2H3;5H. The minimum absolute atomic E-state index is 0.319. The average molecular weight is 292 g/mol. The van der Waals surface area contributed by atoms with E-state index in [1.807, 2.05) is 0 Å². The van der Waals surface area contributed by atoms with E-state index in [-0.39, 0.29) is 6.29 Å². The Hall–Kier alpha value is -0.110. The third kappa shape index (κ3) is 7.21. The summed E-state index contributed by atoms with van der Waals surface area (Å²) in [7, 11) is -8.87. The van der Waals surface area contributed by atoms with Crippen molar-refractivity contribution < 1.29 is 45.4 Å². The fourth-order valence-corrected chi connectivity index (χ4v) is 1.22. The fourth-order valence-electron chi connectivity index (χ4n) is 0.408. The Kier molecular flexibility index (Phi) is 7.51. The molecule has 0 amide bonds. The molecule has 0 fully saturated rings. The zero-order chi connectivity index (χ0) is 13.6. The van der Waals surface area contributed by atoms with Crippen LogP contribution in [0.2, 0.25) is 0 Å². The van der Waals surface area contributed by atoms with E-state index in [2.05, 4.69) is 9.05 Å². The molecule has 6 nitrogen and oxygen atoms in total. The summed E-state index contributed by atoms with van der Waals surface area (Å²) in [5.41, 5.74) is -3.07. The molecule has 16 heavy (non-hydrogen) atoms. The van der Waals surface area contributed by atoms with Gasteiger partial charge in [0.05, 0.1) is 0 Å². The molecule has 0 aliphatic heterocycles. The van der Waals surface area contributed by atoms with E-state index >= 15 is 0 Å². The Morgan fingerprint density at radius 1 is 1.19 bits per heavy atom. The summed E-state index contributed by atoms with van der Waals surface area (Å²) in [5, 5.41) is 17.4. The van der Waals surface area contributed by atoms with E-state index < -0.39 is 21.6 Å². The Morgan fingerprint density at radius 2 is 1.44 bits per heavy atom. The quantitative estimate of drug-likeness (QED) is 0.354. The minimum atomic E-state index is -6.61. The molecule has 0 rings (SSSR count). The normalized spacial score (nSPS) is 13.8. The monoisotopic (exact) mass is 292 g/mol. The fraction of sp³-hybridized carbons (Fsp3) is 0.750. The van der Waals surface area contributed by atoms with Gasteiger partial charge in [-0.25, -0.2) is 0 Å². The van der Waals surface area contributed by atoms with Crippen LogP contribution < -0.4 is 0 Å². The number of hydrogen-bond acceptors (Lipinski definition) is 6. The predicted octanol–water partition coefficient (Wildman–Crippen LogP) is 1.58. The third-order valence-corrected chi connectivity index (χ3v) is 2.91. The number of hydrogen-bond donors (Lipinski definition) is 2. The topological polar surface area (TPSA) is 93.1 Å². The first kappa shape index (κ1) is 18.3. The van der Waals surface area contributed by atoms with Crippen LogP contribution in [0.15, 0.2) is 0 Å². The molecular weight excluding hydrogens is 282 g/mol. The van der Waals surface area contributed by atoms with Crippen molar-refractivity contribution in [2.75, 3.05) is 14.2 Å². The van der Waals surface area contributed by atoms with Gasteiger partial charge in [-0.15, -0.1) is 0 Å². The van der Waals surface area contributed by atoms with E-state index in [1.54, 1.807) is 0 Å². The summed E-state index contributed by atoms with van der Waals surface area (Å²) in [6.45, 7) is 0. The number of halogens is 4. The van der Waals surface area contributed by atoms with Gasteiger partial charge in [0.15, 0.2) is 6.29 Å². The van der Waals surface area contributed by atoms with E-state index in [0.29, 0.717) is 0 Å². The molecule has 0 aromatic rings. The summed E-state index contributed by atoms with van der Waals surface area (Å²) in [6.07, 6.45) is -0.319. The molecule has 0 aromatic heterocycles. The molecule has 12 heteroatoms. The van der Waals surface area contributed by atoms with Gasteiger partial charge in [-0.3, -0.25) is 9.36 Å². The van der Waals surface area contributed by atoms with Crippen LogP contribution >= 0.6 is 16.1 Å². The molecule has 0 atom stereocenters. The first-order valence-electron chi connectivity index (χ1n) is 3.32. The van der Waals surface area contributed by atoms with Gasteiger partial charge in [0.25, 0.3) is 0 Å². The van der Waals surface area contributed by atoms with E-state index in [4.69, 9.17) is 10.2 Å². The van der Waals surface area contributed by atoms with Crippen LogP contribution in [0.5, 0.6) is 0 Å². The first-order chi connectivity index (χ1) is 6.93. The number of carbonyl (C=O) groups is 1. The molecule has 0 aromatic carbocycles. The number of aliphatic hydroxyl groups is 2. The summed E-state index contributed by atoms with van der Waals surface area (Å²) in [4.78, 5) is 9.96. The molecule has 0 unspecified atom stereocenters. The van der Waals surface area contributed by atoms with Gasteiger partial charge in [-0.05, 0) is 0 Å².